The van der Waals surface area contributed by atoms with Gasteiger partial charge in [-0.25, -0.2) is 0 Å². The average Bonchev–Trinajstić information content (AvgIpc) is 2.02. The highest BCUT2D eigenvalue weighted by atomic mass is 35.5. The van der Waals surface area contributed by atoms with Crippen LogP contribution >= 0.6 is 11.6 Å². The average molecular weight is 196 g/mol. The number of carbonyl (C=O) groups excluding carboxylic acids is 1. The molecular formula is C10H10ClNO. The SMILES string of the molecule is NC1CC(=O)Cc2cccc(Cl)c21. The monoisotopic (exact) mass is 195 g/mol. The Labute approximate surface area is 81.7 Å². The number of carbonyl (C=O) groups is 1. The number of ketones is 1. The number of Topliss-reactive ketones (excluding diaryl/α,β-unsaturated/α-hetero) is 1. The molecule has 1 atom stereocenters. The molecule has 0 radical (unpaired) electrons. The fourth-order valence-corrected chi connectivity index (χ4v) is 2.12. The van der Waals surface area contributed by atoms with Gasteiger partial charge < -0.3 is 5.73 Å². The summed E-state index contributed by atoms with van der Waals surface area (Å²) in [6.07, 6.45) is 0.889. The van der Waals surface area contributed by atoms with E-state index in [-0.39, 0.29) is 11.8 Å². The van der Waals surface area contributed by atoms with Gasteiger partial charge in [0, 0.05) is 23.9 Å². The van der Waals surface area contributed by atoms with E-state index in [0.29, 0.717) is 17.9 Å². The molecule has 1 aromatic rings. The minimum Gasteiger partial charge on any atom is -0.324 e. The quantitative estimate of drug-likeness (QED) is 0.687. The Morgan fingerprint density at radius 1 is 1.46 bits per heavy atom. The van der Waals surface area contributed by atoms with E-state index in [2.05, 4.69) is 0 Å². The molecule has 0 fully saturated rings. The van der Waals surface area contributed by atoms with E-state index in [4.69, 9.17) is 17.3 Å². The molecule has 1 aliphatic carbocycles. The Bertz CT molecular complexity index is 362. The number of hydrogen-bond acceptors (Lipinski definition) is 2. The van der Waals surface area contributed by atoms with Gasteiger partial charge in [-0.2, -0.15) is 0 Å². The van der Waals surface area contributed by atoms with Gasteiger partial charge in [0.05, 0.1) is 0 Å². The number of rotatable bonds is 0. The van der Waals surface area contributed by atoms with E-state index in [1.807, 2.05) is 18.2 Å². The van der Waals surface area contributed by atoms with Gasteiger partial charge in [0.2, 0.25) is 0 Å². The summed E-state index contributed by atoms with van der Waals surface area (Å²) in [5.74, 6) is 0.197. The van der Waals surface area contributed by atoms with E-state index < -0.39 is 0 Å². The Morgan fingerprint density at radius 3 is 3.00 bits per heavy atom. The molecular weight excluding hydrogens is 186 g/mol. The van der Waals surface area contributed by atoms with Gasteiger partial charge in [0.15, 0.2) is 0 Å². The van der Waals surface area contributed by atoms with Crippen LogP contribution in [-0.4, -0.2) is 5.78 Å². The molecule has 0 saturated carbocycles. The molecule has 2 nitrogen and oxygen atoms in total. The van der Waals surface area contributed by atoms with Gasteiger partial charge in [-0.3, -0.25) is 4.79 Å². The Hall–Kier alpha value is -0.860. The van der Waals surface area contributed by atoms with Gasteiger partial charge in [-0.15, -0.1) is 0 Å². The van der Waals surface area contributed by atoms with Crippen LogP contribution in [0.1, 0.15) is 23.6 Å². The van der Waals surface area contributed by atoms with Crippen molar-refractivity contribution >= 4 is 17.4 Å². The summed E-state index contributed by atoms with van der Waals surface area (Å²) in [7, 11) is 0. The number of halogens is 1. The molecule has 0 heterocycles. The molecule has 13 heavy (non-hydrogen) atoms. The van der Waals surface area contributed by atoms with Crippen molar-refractivity contribution in [2.24, 2.45) is 5.73 Å². The first-order valence-electron chi connectivity index (χ1n) is 4.23. The van der Waals surface area contributed by atoms with Crippen molar-refractivity contribution in [3.8, 4) is 0 Å². The molecule has 2 N–H and O–H groups in total. The normalized spacial score (nSPS) is 21.4. The predicted octanol–water partition coefficient (Wildman–Crippen LogP) is 1.86. The summed E-state index contributed by atoms with van der Waals surface area (Å²) in [6.45, 7) is 0. The lowest BCUT2D eigenvalue weighted by Gasteiger charge is -2.22. The lowest BCUT2D eigenvalue weighted by Crippen LogP contribution is -2.24. The van der Waals surface area contributed by atoms with Crippen LogP contribution in [0.4, 0.5) is 0 Å². The maximum absolute atomic E-state index is 11.2. The first kappa shape index (κ1) is 8.73. The van der Waals surface area contributed by atoms with Crippen LogP contribution in [0.5, 0.6) is 0 Å². The lowest BCUT2D eigenvalue weighted by atomic mass is 9.87. The summed E-state index contributed by atoms with van der Waals surface area (Å²) in [5, 5.41) is 0.678. The molecule has 68 valence electrons. The Kier molecular flexibility index (Phi) is 2.10. The van der Waals surface area contributed by atoms with E-state index >= 15 is 0 Å². The minimum absolute atomic E-state index is 0.197. The summed E-state index contributed by atoms with van der Waals surface area (Å²) in [4.78, 5) is 11.2. The van der Waals surface area contributed by atoms with Gasteiger partial charge >= 0.3 is 0 Å². The van der Waals surface area contributed by atoms with Crippen LogP contribution in [-0.2, 0) is 11.2 Å². The van der Waals surface area contributed by atoms with E-state index in [1.54, 1.807) is 0 Å². The van der Waals surface area contributed by atoms with Crippen LogP contribution in [0.25, 0.3) is 0 Å². The number of nitrogens with two attached hydrogens (primary N) is 1. The standard InChI is InChI=1S/C10H10ClNO/c11-8-3-1-2-6-4-7(13)5-9(12)10(6)8/h1-3,9H,4-5,12H2. The van der Waals surface area contributed by atoms with Gasteiger partial charge in [-0.05, 0) is 17.2 Å². The van der Waals surface area contributed by atoms with Crippen LogP contribution in [0.2, 0.25) is 5.02 Å². The van der Waals surface area contributed by atoms with Crippen molar-refractivity contribution in [2.75, 3.05) is 0 Å². The smallest absolute Gasteiger partial charge is 0.139 e. The van der Waals surface area contributed by atoms with Gasteiger partial charge in [0.1, 0.15) is 5.78 Å². The fourth-order valence-electron chi connectivity index (χ4n) is 1.78. The first-order valence-corrected chi connectivity index (χ1v) is 4.61. The molecule has 0 bridgehead atoms. The molecule has 1 aliphatic rings. The molecule has 2 rings (SSSR count). The summed E-state index contributed by atoms with van der Waals surface area (Å²) in [6, 6.07) is 5.37. The molecule has 0 amide bonds. The maximum Gasteiger partial charge on any atom is 0.139 e. The molecule has 0 spiro atoms. The van der Waals surface area contributed by atoms with E-state index in [1.165, 1.54) is 0 Å². The van der Waals surface area contributed by atoms with Gasteiger partial charge in [0.25, 0.3) is 0 Å². The molecule has 3 heteroatoms. The number of benzene rings is 1. The highest BCUT2D eigenvalue weighted by Gasteiger charge is 2.23. The third-order valence-electron chi connectivity index (χ3n) is 2.35. The molecule has 1 aromatic carbocycles. The fraction of sp³-hybridized carbons (Fsp3) is 0.300. The van der Waals surface area contributed by atoms with Crippen LogP contribution < -0.4 is 5.73 Å². The molecule has 1 unspecified atom stereocenters. The molecule has 0 saturated heterocycles. The van der Waals surface area contributed by atoms with E-state index in [9.17, 15) is 4.79 Å². The van der Waals surface area contributed by atoms with Crippen LogP contribution in [0.15, 0.2) is 18.2 Å². The zero-order valence-electron chi connectivity index (χ0n) is 7.09. The van der Waals surface area contributed by atoms with Crippen molar-refractivity contribution in [2.45, 2.75) is 18.9 Å². The topological polar surface area (TPSA) is 43.1 Å². The second kappa shape index (κ2) is 3.13. The summed E-state index contributed by atoms with van der Waals surface area (Å²) >= 11 is 5.99. The molecule has 0 aromatic heterocycles. The van der Waals surface area contributed by atoms with Crippen molar-refractivity contribution < 1.29 is 4.79 Å². The van der Waals surface area contributed by atoms with Gasteiger partial charge in [-0.1, -0.05) is 23.7 Å². The number of fused-ring (bicyclic) bond motifs is 1. The highest BCUT2D eigenvalue weighted by molar-refractivity contribution is 6.31. The third-order valence-corrected chi connectivity index (χ3v) is 2.68. The predicted molar refractivity (Wildman–Crippen MR) is 51.7 cm³/mol. The van der Waals surface area contributed by atoms with Crippen molar-refractivity contribution in [1.82, 2.24) is 0 Å². The second-order valence-electron chi connectivity index (χ2n) is 3.34. The first-order chi connectivity index (χ1) is 6.18. The third kappa shape index (κ3) is 1.47. The second-order valence-corrected chi connectivity index (χ2v) is 3.75. The lowest BCUT2D eigenvalue weighted by molar-refractivity contribution is -0.119. The van der Waals surface area contributed by atoms with Crippen molar-refractivity contribution in [3.05, 3.63) is 34.3 Å². The zero-order valence-corrected chi connectivity index (χ0v) is 7.84. The Morgan fingerprint density at radius 2 is 2.23 bits per heavy atom. The van der Waals surface area contributed by atoms with Crippen molar-refractivity contribution in [3.63, 3.8) is 0 Å². The van der Waals surface area contributed by atoms with Crippen LogP contribution in [0.3, 0.4) is 0 Å². The van der Waals surface area contributed by atoms with Crippen molar-refractivity contribution in [1.29, 1.82) is 0 Å². The summed E-state index contributed by atoms with van der Waals surface area (Å²) in [5.41, 5.74) is 7.76. The minimum atomic E-state index is -0.218. The molecule has 0 aliphatic heterocycles. The maximum atomic E-state index is 11.2. The largest absolute Gasteiger partial charge is 0.324 e. The zero-order chi connectivity index (χ0) is 9.42. The summed E-state index contributed by atoms with van der Waals surface area (Å²) < 4.78 is 0. The number of hydrogen-bond donors (Lipinski definition) is 1. The van der Waals surface area contributed by atoms with E-state index in [0.717, 1.165) is 11.1 Å². The van der Waals surface area contributed by atoms with Crippen LogP contribution in [0, 0.1) is 0 Å². The highest BCUT2D eigenvalue weighted by Crippen LogP contribution is 2.31. The Balaban J connectivity index is 2.55.